The summed E-state index contributed by atoms with van der Waals surface area (Å²) in [6.07, 6.45) is 3.51. The summed E-state index contributed by atoms with van der Waals surface area (Å²) in [6, 6.07) is 0. The lowest BCUT2D eigenvalue weighted by atomic mass is 10.2. The Morgan fingerprint density at radius 2 is 1.71 bits per heavy atom. The average Bonchev–Trinajstić information content (AvgIpc) is 2.36. The third-order valence-corrected chi connectivity index (χ3v) is 3.38. The summed E-state index contributed by atoms with van der Waals surface area (Å²) >= 11 is 0. The summed E-state index contributed by atoms with van der Waals surface area (Å²) in [5.74, 6) is 0.186. The Morgan fingerprint density at radius 1 is 1.06 bits per heavy atom. The second-order valence-electron chi connectivity index (χ2n) is 4.77. The van der Waals surface area contributed by atoms with Gasteiger partial charge in [0.25, 0.3) is 0 Å². The molecular weight excluding hydrogens is 214 g/mol. The lowest BCUT2D eigenvalue weighted by molar-refractivity contribution is -0.122. The summed E-state index contributed by atoms with van der Waals surface area (Å²) in [7, 11) is 0. The van der Waals surface area contributed by atoms with Gasteiger partial charge in [-0.1, -0.05) is 26.7 Å². The quantitative estimate of drug-likeness (QED) is 0.674. The number of hydrogen-bond acceptors (Lipinski definition) is 3. The highest BCUT2D eigenvalue weighted by molar-refractivity contribution is 5.77. The van der Waals surface area contributed by atoms with Gasteiger partial charge in [0, 0.05) is 32.7 Å². The first kappa shape index (κ1) is 14.5. The number of unbranched alkanes of at least 4 members (excludes halogenated alkanes) is 2. The van der Waals surface area contributed by atoms with Crippen molar-refractivity contribution in [2.75, 3.05) is 45.8 Å². The largest absolute Gasteiger partial charge is 0.355 e. The summed E-state index contributed by atoms with van der Waals surface area (Å²) in [4.78, 5) is 16.3. The Bertz CT molecular complexity index is 213. The molecule has 0 saturated carbocycles. The van der Waals surface area contributed by atoms with Gasteiger partial charge >= 0.3 is 0 Å². The second kappa shape index (κ2) is 8.48. The van der Waals surface area contributed by atoms with E-state index < -0.39 is 0 Å². The number of carbonyl (C=O) groups excluding carboxylic acids is 1. The van der Waals surface area contributed by atoms with E-state index in [1.807, 2.05) is 0 Å². The molecule has 1 N–H and O–H groups in total. The molecule has 0 radical (unpaired) electrons. The van der Waals surface area contributed by atoms with E-state index in [2.05, 4.69) is 29.0 Å². The van der Waals surface area contributed by atoms with Crippen molar-refractivity contribution in [1.82, 2.24) is 15.1 Å². The van der Waals surface area contributed by atoms with Gasteiger partial charge in [-0.05, 0) is 13.0 Å². The van der Waals surface area contributed by atoms with E-state index in [-0.39, 0.29) is 5.91 Å². The van der Waals surface area contributed by atoms with E-state index in [1.54, 1.807) is 0 Å². The van der Waals surface area contributed by atoms with Gasteiger partial charge < -0.3 is 10.2 Å². The molecule has 1 amide bonds. The predicted octanol–water partition coefficient (Wildman–Crippen LogP) is 0.930. The van der Waals surface area contributed by atoms with Gasteiger partial charge in [0.15, 0.2) is 0 Å². The third-order valence-electron chi connectivity index (χ3n) is 3.38. The monoisotopic (exact) mass is 241 g/mol. The molecule has 0 spiro atoms. The molecule has 0 atom stereocenters. The summed E-state index contributed by atoms with van der Waals surface area (Å²) in [5, 5.41) is 3.00. The number of nitrogens with zero attached hydrogens (tertiary/aromatic N) is 2. The normalized spacial score (nSPS) is 18.2. The first-order valence-corrected chi connectivity index (χ1v) is 6.97. The zero-order valence-electron chi connectivity index (χ0n) is 11.4. The van der Waals surface area contributed by atoms with Crippen LogP contribution in [0.1, 0.15) is 33.1 Å². The molecule has 4 nitrogen and oxygen atoms in total. The van der Waals surface area contributed by atoms with Gasteiger partial charge in [-0.2, -0.15) is 0 Å². The van der Waals surface area contributed by atoms with E-state index in [0.717, 1.165) is 45.7 Å². The fourth-order valence-electron chi connectivity index (χ4n) is 2.13. The van der Waals surface area contributed by atoms with Crippen molar-refractivity contribution in [1.29, 1.82) is 0 Å². The molecule has 4 heteroatoms. The van der Waals surface area contributed by atoms with Gasteiger partial charge in [0.1, 0.15) is 0 Å². The maximum absolute atomic E-state index is 11.7. The molecule has 1 saturated heterocycles. The lowest BCUT2D eigenvalue weighted by Gasteiger charge is -2.33. The number of carbonyl (C=O) groups is 1. The molecule has 0 aromatic rings. The van der Waals surface area contributed by atoms with Gasteiger partial charge in [0.2, 0.25) is 5.91 Å². The van der Waals surface area contributed by atoms with Crippen molar-refractivity contribution < 1.29 is 4.79 Å². The SMILES string of the molecule is CCCCCNC(=O)CN1CCN(CC)CC1. The van der Waals surface area contributed by atoms with Gasteiger partial charge in [-0.25, -0.2) is 0 Å². The number of piperazine rings is 1. The van der Waals surface area contributed by atoms with Crippen LogP contribution < -0.4 is 5.32 Å². The lowest BCUT2D eigenvalue weighted by Crippen LogP contribution is -2.49. The maximum Gasteiger partial charge on any atom is 0.234 e. The topological polar surface area (TPSA) is 35.6 Å². The molecule has 1 aliphatic heterocycles. The number of hydrogen-bond donors (Lipinski definition) is 1. The molecule has 1 heterocycles. The standard InChI is InChI=1S/C13H27N3O/c1-3-5-6-7-14-13(17)12-16-10-8-15(4-2)9-11-16/h3-12H2,1-2H3,(H,14,17). The molecule has 0 aromatic carbocycles. The van der Waals surface area contributed by atoms with E-state index in [1.165, 1.54) is 12.8 Å². The van der Waals surface area contributed by atoms with Crippen molar-refractivity contribution in [3.05, 3.63) is 0 Å². The fourth-order valence-corrected chi connectivity index (χ4v) is 2.13. The number of amides is 1. The molecule has 17 heavy (non-hydrogen) atoms. The van der Waals surface area contributed by atoms with Crippen LogP contribution in [0, 0.1) is 0 Å². The molecule has 0 aromatic heterocycles. The molecule has 1 rings (SSSR count). The Balaban J connectivity index is 2.06. The first-order chi connectivity index (χ1) is 8.26. The highest BCUT2D eigenvalue weighted by atomic mass is 16.2. The van der Waals surface area contributed by atoms with E-state index in [4.69, 9.17) is 0 Å². The van der Waals surface area contributed by atoms with Crippen molar-refractivity contribution in [2.24, 2.45) is 0 Å². The molecule has 100 valence electrons. The van der Waals surface area contributed by atoms with Crippen molar-refractivity contribution >= 4 is 5.91 Å². The molecule has 0 unspecified atom stereocenters. The van der Waals surface area contributed by atoms with Crippen LogP contribution in [0.15, 0.2) is 0 Å². The van der Waals surface area contributed by atoms with Crippen molar-refractivity contribution in [3.63, 3.8) is 0 Å². The molecule has 0 bridgehead atoms. The van der Waals surface area contributed by atoms with Gasteiger partial charge in [-0.15, -0.1) is 0 Å². The third kappa shape index (κ3) is 6.03. The predicted molar refractivity (Wildman–Crippen MR) is 71.1 cm³/mol. The van der Waals surface area contributed by atoms with Crippen LogP contribution in [0.3, 0.4) is 0 Å². The second-order valence-corrected chi connectivity index (χ2v) is 4.77. The Labute approximate surface area is 105 Å². The maximum atomic E-state index is 11.7. The van der Waals surface area contributed by atoms with E-state index >= 15 is 0 Å². The number of rotatable bonds is 7. The van der Waals surface area contributed by atoms with E-state index in [9.17, 15) is 4.79 Å². The summed E-state index contributed by atoms with van der Waals surface area (Å²) in [5.41, 5.74) is 0. The Kier molecular flexibility index (Phi) is 7.21. The molecule has 1 aliphatic rings. The van der Waals surface area contributed by atoms with Crippen LogP contribution >= 0.6 is 0 Å². The molecule has 1 fully saturated rings. The Hall–Kier alpha value is -0.610. The van der Waals surface area contributed by atoms with Crippen LogP contribution in [0.25, 0.3) is 0 Å². The highest BCUT2D eigenvalue weighted by Gasteiger charge is 2.17. The minimum absolute atomic E-state index is 0.186. The van der Waals surface area contributed by atoms with Crippen LogP contribution in [-0.2, 0) is 4.79 Å². The van der Waals surface area contributed by atoms with Crippen LogP contribution in [0.5, 0.6) is 0 Å². The van der Waals surface area contributed by atoms with Gasteiger partial charge in [-0.3, -0.25) is 9.69 Å². The zero-order chi connectivity index (χ0) is 12.5. The fraction of sp³-hybridized carbons (Fsp3) is 0.923. The molecule has 0 aliphatic carbocycles. The van der Waals surface area contributed by atoms with E-state index in [0.29, 0.717) is 6.54 Å². The zero-order valence-corrected chi connectivity index (χ0v) is 11.4. The van der Waals surface area contributed by atoms with Gasteiger partial charge in [0.05, 0.1) is 6.54 Å². The number of likely N-dealkylation sites (N-methyl/N-ethyl adjacent to an activating group) is 1. The van der Waals surface area contributed by atoms with Crippen LogP contribution in [-0.4, -0.2) is 61.5 Å². The first-order valence-electron chi connectivity index (χ1n) is 6.97. The molecular formula is C13H27N3O. The van der Waals surface area contributed by atoms with Crippen LogP contribution in [0.2, 0.25) is 0 Å². The minimum atomic E-state index is 0.186. The van der Waals surface area contributed by atoms with Crippen LogP contribution in [0.4, 0.5) is 0 Å². The summed E-state index contributed by atoms with van der Waals surface area (Å²) in [6.45, 7) is 11.1. The Morgan fingerprint density at radius 3 is 2.29 bits per heavy atom. The summed E-state index contributed by atoms with van der Waals surface area (Å²) < 4.78 is 0. The van der Waals surface area contributed by atoms with Crippen molar-refractivity contribution in [2.45, 2.75) is 33.1 Å². The highest BCUT2D eigenvalue weighted by Crippen LogP contribution is 2.00. The minimum Gasteiger partial charge on any atom is -0.355 e. The number of nitrogens with one attached hydrogen (secondary N) is 1. The smallest absolute Gasteiger partial charge is 0.234 e. The van der Waals surface area contributed by atoms with Crippen molar-refractivity contribution in [3.8, 4) is 0 Å². The average molecular weight is 241 g/mol.